The van der Waals surface area contributed by atoms with Crippen molar-refractivity contribution in [2.24, 2.45) is 0 Å². The van der Waals surface area contributed by atoms with Crippen LogP contribution in [0.4, 0.5) is 5.82 Å². The van der Waals surface area contributed by atoms with Gasteiger partial charge in [0.2, 0.25) is 0 Å². The van der Waals surface area contributed by atoms with Crippen LogP contribution in [0.3, 0.4) is 0 Å². The van der Waals surface area contributed by atoms with E-state index in [-0.39, 0.29) is 0 Å². The molecule has 0 atom stereocenters. The summed E-state index contributed by atoms with van der Waals surface area (Å²) in [4.78, 5) is 4.21. The molecule has 2 rings (SSSR count). The molecule has 0 aliphatic heterocycles. The normalized spacial score (nSPS) is 10.2. The van der Waals surface area contributed by atoms with Gasteiger partial charge in [-0.05, 0) is 23.8 Å². The number of rotatable bonds is 1. The van der Waals surface area contributed by atoms with Crippen LogP contribution in [0.25, 0.3) is 17.0 Å². The van der Waals surface area contributed by atoms with Crippen LogP contribution in [-0.2, 0) is 0 Å². The van der Waals surface area contributed by atoms with Gasteiger partial charge in [-0.3, -0.25) is 0 Å². The Morgan fingerprint density at radius 1 is 1.23 bits per heavy atom. The summed E-state index contributed by atoms with van der Waals surface area (Å²) in [5.41, 5.74) is 7.58. The van der Waals surface area contributed by atoms with E-state index in [9.17, 15) is 0 Å². The fraction of sp³-hybridized carbons (Fsp3) is 0. The van der Waals surface area contributed by atoms with E-state index in [1.165, 1.54) is 0 Å². The predicted octanol–water partition coefficient (Wildman–Crippen LogP) is 2.46. The Morgan fingerprint density at radius 2 is 2.08 bits per heavy atom. The van der Waals surface area contributed by atoms with Crippen LogP contribution < -0.4 is 5.73 Å². The van der Waals surface area contributed by atoms with Crippen molar-refractivity contribution in [2.45, 2.75) is 0 Å². The van der Waals surface area contributed by atoms with Gasteiger partial charge in [-0.15, -0.1) is 0 Å². The molecule has 0 saturated carbocycles. The van der Waals surface area contributed by atoms with Gasteiger partial charge in [-0.2, -0.15) is 0 Å². The molecule has 64 valence electrons. The van der Waals surface area contributed by atoms with Gasteiger partial charge in [0.05, 0.1) is 5.52 Å². The summed E-state index contributed by atoms with van der Waals surface area (Å²) in [6, 6.07) is 9.67. The molecule has 2 heteroatoms. The number of pyridine rings is 1. The first kappa shape index (κ1) is 7.80. The van der Waals surface area contributed by atoms with Gasteiger partial charge in [0.1, 0.15) is 5.82 Å². The highest BCUT2D eigenvalue weighted by Crippen LogP contribution is 2.18. The van der Waals surface area contributed by atoms with Crippen LogP contribution in [0.15, 0.2) is 36.9 Å². The molecule has 2 N–H and O–H groups in total. The van der Waals surface area contributed by atoms with Gasteiger partial charge in [0, 0.05) is 5.39 Å². The van der Waals surface area contributed by atoms with Crippen molar-refractivity contribution in [2.75, 3.05) is 5.73 Å². The Bertz CT molecular complexity index is 461. The van der Waals surface area contributed by atoms with E-state index >= 15 is 0 Å². The van der Waals surface area contributed by atoms with Crippen molar-refractivity contribution >= 4 is 22.8 Å². The number of nitrogen functional groups attached to an aromatic ring is 1. The van der Waals surface area contributed by atoms with E-state index in [4.69, 9.17) is 5.73 Å². The number of nitrogens with two attached hydrogens (primary N) is 1. The quantitative estimate of drug-likeness (QED) is 0.714. The third kappa shape index (κ3) is 1.26. The number of benzene rings is 1. The number of aromatic nitrogens is 1. The minimum Gasteiger partial charge on any atom is -0.384 e. The average Bonchev–Trinajstić information content (AvgIpc) is 2.16. The standard InChI is InChI=1S/C11H10N2/c1-2-8-4-3-5-10-9(8)6-7-11(12)13-10/h2-7H,1H2,(H2,12,13). The van der Waals surface area contributed by atoms with Gasteiger partial charge in [0.15, 0.2) is 0 Å². The first-order chi connectivity index (χ1) is 6.31. The molecule has 1 aromatic heterocycles. The van der Waals surface area contributed by atoms with Crippen molar-refractivity contribution < 1.29 is 0 Å². The van der Waals surface area contributed by atoms with Crippen LogP contribution in [0.2, 0.25) is 0 Å². The molecule has 0 amide bonds. The topological polar surface area (TPSA) is 38.9 Å². The molecule has 0 unspecified atom stereocenters. The fourth-order valence-corrected chi connectivity index (χ4v) is 1.37. The monoisotopic (exact) mass is 170 g/mol. The molecule has 2 aromatic rings. The van der Waals surface area contributed by atoms with E-state index in [0.717, 1.165) is 16.5 Å². The maximum atomic E-state index is 5.58. The van der Waals surface area contributed by atoms with Gasteiger partial charge < -0.3 is 5.73 Å². The summed E-state index contributed by atoms with van der Waals surface area (Å²) in [7, 11) is 0. The summed E-state index contributed by atoms with van der Waals surface area (Å²) in [6.07, 6.45) is 1.82. The lowest BCUT2D eigenvalue weighted by Crippen LogP contribution is -1.90. The Kier molecular flexibility index (Phi) is 1.74. The first-order valence-electron chi connectivity index (χ1n) is 4.09. The number of anilines is 1. The van der Waals surface area contributed by atoms with E-state index in [1.807, 2.05) is 30.3 Å². The van der Waals surface area contributed by atoms with E-state index in [2.05, 4.69) is 11.6 Å². The fourth-order valence-electron chi connectivity index (χ4n) is 1.37. The Labute approximate surface area is 76.7 Å². The zero-order chi connectivity index (χ0) is 9.26. The predicted molar refractivity (Wildman–Crippen MR) is 56.2 cm³/mol. The maximum absolute atomic E-state index is 5.58. The zero-order valence-corrected chi connectivity index (χ0v) is 7.20. The molecule has 13 heavy (non-hydrogen) atoms. The Hall–Kier alpha value is -1.83. The average molecular weight is 170 g/mol. The molecule has 0 aliphatic carbocycles. The molecule has 0 saturated heterocycles. The first-order valence-corrected chi connectivity index (χ1v) is 4.09. The largest absolute Gasteiger partial charge is 0.384 e. The third-order valence-corrected chi connectivity index (χ3v) is 2.01. The summed E-state index contributed by atoms with van der Waals surface area (Å²) < 4.78 is 0. The minimum atomic E-state index is 0.550. The summed E-state index contributed by atoms with van der Waals surface area (Å²) in [6.45, 7) is 3.74. The number of hydrogen-bond acceptors (Lipinski definition) is 2. The third-order valence-electron chi connectivity index (χ3n) is 2.01. The van der Waals surface area contributed by atoms with Gasteiger partial charge in [-0.25, -0.2) is 4.98 Å². The number of nitrogens with zero attached hydrogens (tertiary/aromatic N) is 1. The van der Waals surface area contributed by atoms with Crippen molar-refractivity contribution in [1.82, 2.24) is 4.98 Å². The Balaban J connectivity index is 2.84. The highest BCUT2D eigenvalue weighted by Gasteiger charge is 1.97. The Morgan fingerprint density at radius 3 is 2.85 bits per heavy atom. The van der Waals surface area contributed by atoms with E-state index in [1.54, 1.807) is 6.07 Å². The zero-order valence-electron chi connectivity index (χ0n) is 7.20. The SMILES string of the molecule is C=Cc1cccc2nc(N)ccc12. The maximum Gasteiger partial charge on any atom is 0.124 e. The molecule has 0 spiro atoms. The molecule has 2 nitrogen and oxygen atoms in total. The lowest BCUT2D eigenvalue weighted by Gasteiger charge is -2.01. The summed E-state index contributed by atoms with van der Waals surface area (Å²) >= 11 is 0. The second-order valence-electron chi connectivity index (χ2n) is 2.85. The molecule has 1 aromatic carbocycles. The van der Waals surface area contributed by atoms with Crippen LogP contribution in [0.1, 0.15) is 5.56 Å². The van der Waals surface area contributed by atoms with Gasteiger partial charge >= 0.3 is 0 Å². The molecule has 0 aliphatic rings. The van der Waals surface area contributed by atoms with Crippen LogP contribution >= 0.6 is 0 Å². The summed E-state index contributed by atoms with van der Waals surface area (Å²) in [5.74, 6) is 0.550. The minimum absolute atomic E-state index is 0.550. The van der Waals surface area contributed by atoms with E-state index in [0.29, 0.717) is 5.82 Å². The van der Waals surface area contributed by atoms with Crippen molar-refractivity contribution in [3.8, 4) is 0 Å². The lowest BCUT2D eigenvalue weighted by molar-refractivity contribution is 1.41. The molecular formula is C11H10N2. The van der Waals surface area contributed by atoms with Crippen molar-refractivity contribution in [1.29, 1.82) is 0 Å². The molecule has 0 bridgehead atoms. The van der Waals surface area contributed by atoms with Crippen LogP contribution in [0, 0.1) is 0 Å². The lowest BCUT2D eigenvalue weighted by atomic mass is 10.1. The molecule has 0 fully saturated rings. The second-order valence-corrected chi connectivity index (χ2v) is 2.85. The molecule has 1 heterocycles. The van der Waals surface area contributed by atoms with E-state index < -0.39 is 0 Å². The number of hydrogen-bond donors (Lipinski definition) is 1. The van der Waals surface area contributed by atoms with Gasteiger partial charge in [0.25, 0.3) is 0 Å². The highest BCUT2D eigenvalue weighted by atomic mass is 14.8. The van der Waals surface area contributed by atoms with Crippen LogP contribution in [-0.4, -0.2) is 4.98 Å². The molecular weight excluding hydrogens is 160 g/mol. The summed E-state index contributed by atoms with van der Waals surface area (Å²) in [5, 5.41) is 1.09. The van der Waals surface area contributed by atoms with Crippen molar-refractivity contribution in [3.63, 3.8) is 0 Å². The second kappa shape index (κ2) is 2.90. The van der Waals surface area contributed by atoms with Gasteiger partial charge in [-0.1, -0.05) is 24.8 Å². The molecule has 0 radical (unpaired) electrons. The van der Waals surface area contributed by atoms with Crippen LogP contribution in [0.5, 0.6) is 0 Å². The number of fused-ring (bicyclic) bond motifs is 1. The highest BCUT2D eigenvalue weighted by molar-refractivity contribution is 5.88. The smallest absolute Gasteiger partial charge is 0.124 e. The van der Waals surface area contributed by atoms with Crippen molar-refractivity contribution in [3.05, 3.63) is 42.5 Å².